The summed E-state index contributed by atoms with van der Waals surface area (Å²) in [5.41, 5.74) is 0. The molecule has 1 aliphatic rings. The van der Waals surface area contributed by atoms with E-state index < -0.39 is 5.97 Å². The van der Waals surface area contributed by atoms with E-state index in [9.17, 15) is 9.59 Å². The first-order chi connectivity index (χ1) is 9.66. The lowest BCUT2D eigenvalue weighted by Gasteiger charge is -2.35. The number of hydrogen-bond donors (Lipinski definition) is 1. The average molecular weight is 295 g/mol. The SMILES string of the molecule is O=C(O)CSCC(=O)N1CCN(c2ccccn2)CC1. The van der Waals surface area contributed by atoms with Gasteiger partial charge >= 0.3 is 5.97 Å². The van der Waals surface area contributed by atoms with E-state index in [2.05, 4.69) is 9.88 Å². The van der Waals surface area contributed by atoms with Crippen LogP contribution in [-0.4, -0.2) is 64.6 Å². The summed E-state index contributed by atoms with van der Waals surface area (Å²) in [6.07, 6.45) is 1.76. The highest BCUT2D eigenvalue weighted by Gasteiger charge is 2.21. The van der Waals surface area contributed by atoms with Crippen LogP contribution in [0.5, 0.6) is 0 Å². The number of nitrogens with zero attached hydrogens (tertiary/aromatic N) is 3. The van der Waals surface area contributed by atoms with Gasteiger partial charge in [0, 0.05) is 32.4 Å². The Bertz CT molecular complexity index is 461. The number of aliphatic carboxylic acids is 1. The van der Waals surface area contributed by atoms with E-state index in [1.54, 1.807) is 11.1 Å². The normalized spacial score (nSPS) is 15.2. The molecule has 1 aromatic heterocycles. The zero-order chi connectivity index (χ0) is 14.4. The number of rotatable bonds is 5. The zero-order valence-electron chi connectivity index (χ0n) is 11.1. The van der Waals surface area contributed by atoms with E-state index >= 15 is 0 Å². The molecule has 0 aliphatic carbocycles. The summed E-state index contributed by atoms with van der Waals surface area (Å²) in [5, 5.41) is 8.54. The molecule has 0 saturated carbocycles. The van der Waals surface area contributed by atoms with E-state index in [4.69, 9.17) is 5.11 Å². The van der Waals surface area contributed by atoms with Crippen molar-refractivity contribution in [2.24, 2.45) is 0 Å². The Morgan fingerprint density at radius 1 is 1.20 bits per heavy atom. The van der Waals surface area contributed by atoms with Crippen LogP contribution in [0.3, 0.4) is 0 Å². The Morgan fingerprint density at radius 2 is 1.95 bits per heavy atom. The van der Waals surface area contributed by atoms with Crippen LogP contribution in [0.2, 0.25) is 0 Å². The van der Waals surface area contributed by atoms with Gasteiger partial charge in [-0.2, -0.15) is 0 Å². The van der Waals surface area contributed by atoms with Crippen molar-refractivity contribution in [3.8, 4) is 0 Å². The van der Waals surface area contributed by atoms with E-state index in [0.717, 1.165) is 30.7 Å². The molecule has 0 aromatic carbocycles. The molecule has 20 heavy (non-hydrogen) atoms. The molecule has 108 valence electrons. The van der Waals surface area contributed by atoms with E-state index in [0.29, 0.717) is 13.1 Å². The average Bonchev–Trinajstić information content (AvgIpc) is 2.48. The molecule has 1 N–H and O–H groups in total. The van der Waals surface area contributed by atoms with Crippen molar-refractivity contribution in [2.75, 3.05) is 42.6 Å². The fourth-order valence-corrected chi connectivity index (χ4v) is 2.68. The van der Waals surface area contributed by atoms with Crippen LogP contribution in [0.25, 0.3) is 0 Å². The van der Waals surface area contributed by atoms with E-state index in [1.165, 1.54) is 0 Å². The second kappa shape index (κ2) is 7.14. The van der Waals surface area contributed by atoms with Crippen LogP contribution in [0.15, 0.2) is 24.4 Å². The van der Waals surface area contributed by atoms with Gasteiger partial charge in [-0.1, -0.05) is 6.07 Å². The van der Waals surface area contributed by atoms with Crippen molar-refractivity contribution >= 4 is 29.5 Å². The molecule has 0 spiro atoms. The van der Waals surface area contributed by atoms with E-state index in [1.807, 2.05) is 18.2 Å². The highest BCUT2D eigenvalue weighted by atomic mass is 32.2. The summed E-state index contributed by atoms with van der Waals surface area (Å²) < 4.78 is 0. The molecule has 7 heteroatoms. The molecule has 1 fully saturated rings. The molecule has 1 aliphatic heterocycles. The molecule has 2 heterocycles. The van der Waals surface area contributed by atoms with Gasteiger partial charge in [-0.15, -0.1) is 11.8 Å². The zero-order valence-corrected chi connectivity index (χ0v) is 11.9. The summed E-state index contributed by atoms with van der Waals surface area (Å²) in [6.45, 7) is 2.82. The topological polar surface area (TPSA) is 73.7 Å². The maximum Gasteiger partial charge on any atom is 0.313 e. The highest BCUT2D eigenvalue weighted by Crippen LogP contribution is 2.13. The molecule has 6 nitrogen and oxygen atoms in total. The number of carboxylic acid groups (broad SMARTS) is 1. The Morgan fingerprint density at radius 3 is 2.55 bits per heavy atom. The molecule has 1 amide bonds. The van der Waals surface area contributed by atoms with Crippen molar-refractivity contribution in [3.05, 3.63) is 24.4 Å². The molecule has 1 aromatic rings. The Labute approximate surface area is 121 Å². The lowest BCUT2D eigenvalue weighted by atomic mass is 10.3. The van der Waals surface area contributed by atoms with Crippen molar-refractivity contribution in [1.29, 1.82) is 0 Å². The van der Waals surface area contributed by atoms with Gasteiger partial charge in [-0.25, -0.2) is 4.98 Å². The van der Waals surface area contributed by atoms with Gasteiger partial charge in [0.05, 0.1) is 11.5 Å². The summed E-state index contributed by atoms with van der Waals surface area (Å²) in [5.74, 6) is 0.259. The first-order valence-electron chi connectivity index (χ1n) is 6.40. The Kier molecular flexibility index (Phi) is 5.23. The summed E-state index contributed by atoms with van der Waals surface area (Å²) >= 11 is 1.14. The number of carbonyl (C=O) groups excluding carboxylic acids is 1. The number of carboxylic acids is 1. The number of carbonyl (C=O) groups is 2. The minimum atomic E-state index is -0.886. The number of anilines is 1. The van der Waals surface area contributed by atoms with Crippen LogP contribution in [0.4, 0.5) is 5.82 Å². The predicted molar refractivity (Wildman–Crippen MR) is 78.0 cm³/mol. The highest BCUT2D eigenvalue weighted by molar-refractivity contribution is 8.00. The Hall–Kier alpha value is -1.76. The molecule has 0 atom stereocenters. The lowest BCUT2D eigenvalue weighted by Crippen LogP contribution is -2.49. The maximum atomic E-state index is 11.9. The van der Waals surface area contributed by atoms with Gasteiger partial charge in [0.15, 0.2) is 0 Å². The quantitative estimate of drug-likeness (QED) is 0.855. The second-order valence-corrected chi connectivity index (χ2v) is 5.43. The van der Waals surface area contributed by atoms with Crippen LogP contribution in [0, 0.1) is 0 Å². The summed E-state index contributed by atoms with van der Waals surface area (Å²) in [6, 6.07) is 5.78. The second-order valence-electron chi connectivity index (χ2n) is 4.44. The molecule has 2 rings (SSSR count). The number of pyridine rings is 1. The van der Waals surface area contributed by atoms with Gasteiger partial charge in [0.1, 0.15) is 5.82 Å². The van der Waals surface area contributed by atoms with Gasteiger partial charge < -0.3 is 14.9 Å². The predicted octanol–water partition coefficient (Wildman–Crippen LogP) is 0.548. The first-order valence-corrected chi connectivity index (χ1v) is 7.55. The fourth-order valence-electron chi connectivity index (χ4n) is 2.04. The minimum Gasteiger partial charge on any atom is -0.481 e. The number of thioether (sulfide) groups is 1. The molecule has 1 saturated heterocycles. The minimum absolute atomic E-state index is 0.0110. The molecule has 0 radical (unpaired) electrons. The monoisotopic (exact) mass is 295 g/mol. The number of hydrogen-bond acceptors (Lipinski definition) is 5. The van der Waals surface area contributed by atoms with Crippen LogP contribution in [0.1, 0.15) is 0 Å². The van der Waals surface area contributed by atoms with Gasteiger partial charge in [0.2, 0.25) is 5.91 Å². The van der Waals surface area contributed by atoms with Crippen molar-refractivity contribution in [3.63, 3.8) is 0 Å². The van der Waals surface area contributed by atoms with Crippen molar-refractivity contribution in [2.45, 2.75) is 0 Å². The van der Waals surface area contributed by atoms with Gasteiger partial charge in [0.25, 0.3) is 0 Å². The van der Waals surface area contributed by atoms with E-state index in [-0.39, 0.29) is 17.4 Å². The third-order valence-corrected chi connectivity index (χ3v) is 3.96. The van der Waals surface area contributed by atoms with Crippen molar-refractivity contribution in [1.82, 2.24) is 9.88 Å². The summed E-state index contributed by atoms with van der Waals surface area (Å²) in [7, 11) is 0. The largest absolute Gasteiger partial charge is 0.481 e. The standard InChI is InChI=1S/C13H17N3O3S/c17-12(9-20-10-13(18)19)16-7-5-15(6-8-16)11-3-1-2-4-14-11/h1-4H,5-10H2,(H,18,19). The molecular weight excluding hydrogens is 278 g/mol. The number of amides is 1. The molecular formula is C13H17N3O3S. The van der Waals surface area contributed by atoms with Gasteiger partial charge in [-0.05, 0) is 12.1 Å². The molecule has 0 bridgehead atoms. The lowest BCUT2D eigenvalue weighted by molar-refractivity contribution is -0.133. The third-order valence-electron chi connectivity index (χ3n) is 3.06. The van der Waals surface area contributed by atoms with Crippen LogP contribution in [-0.2, 0) is 9.59 Å². The molecule has 0 unspecified atom stereocenters. The smallest absolute Gasteiger partial charge is 0.313 e. The van der Waals surface area contributed by atoms with Crippen LogP contribution >= 0.6 is 11.8 Å². The maximum absolute atomic E-state index is 11.9. The first kappa shape index (κ1) is 14.6. The summed E-state index contributed by atoms with van der Waals surface area (Å²) in [4.78, 5) is 30.5. The fraction of sp³-hybridized carbons (Fsp3) is 0.462. The van der Waals surface area contributed by atoms with Crippen molar-refractivity contribution < 1.29 is 14.7 Å². The van der Waals surface area contributed by atoms with Gasteiger partial charge in [-0.3, -0.25) is 9.59 Å². The number of aromatic nitrogens is 1. The third kappa shape index (κ3) is 4.12. The Balaban J connectivity index is 1.76. The van der Waals surface area contributed by atoms with Crippen LogP contribution < -0.4 is 4.90 Å². The number of piperazine rings is 1.